The fraction of sp³-hybridized carbons (Fsp3) is 0.444. The number of carbonyl (C=O) groups is 1. The zero-order valence-corrected chi connectivity index (χ0v) is 16.2. The van der Waals surface area contributed by atoms with Gasteiger partial charge in [0, 0.05) is 12.2 Å². The fourth-order valence-electron chi connectivity index (χ4n) is 3.42. The molecule has 1 atom stereocenters. The Kier molecular flexibility index (Phi) is 4.90. The number of aryl methyl sites for hydroxylation is 4. The minimum Gasteiger partial charge on any atom is -0.360 e. The normalized spacial score (nSPS) is 18.2. The van der Waals surface area contributed by atoms with Gasteiger partial charge in [-0.1, -0.05) is 22.9 Å². The van der Waals surface area contributed by atoms with Crippen LogP contribution in [0.15, 0.2) is 27.6 Å². The second-order valence-electron chi connectivity index (χ2n) is 6.73. The van der Waals surface area contributed by atoms with Gasteiger partial charge in [-0.25, -0.2) is 8.42 Å². The molecule has 1 fully saturated rings. The number of aromatic nitrogens is 1. The van der Waals surface area contributed by atoms with Gasteiger partial charge in [-0.3, -0.25) is 4.79 Å². The number of anilines is 1. The highest BCUT2D eigenvalue weighted by molar-refractivity contribution is 7.89. The van der Waals surface area contributed by atoms with Crippen molar-refractivity contribution in [1.29, 1.82) is 0 Å². The molecule has 0 saturated carbocycles. The molecule has 0 spiro atoms. The fourth-order valence-corrected chi connectivity index (χ4v) is 5.37. The van der Waals surface area contributed by atoms with Crippen molar-refractivity contribution in [2.75, 3.05) is 11.9 Å². The third-order valence-electron chi connectivity index (χ3n) is 4.68. The van der Waals surface area contributed by atoms with Gasteiger partial charge in [0.15, 0.2) is 5.76 Å². The third-order valence-corrected chi connectivity index (χ3v) is 6.83. The Morgan fingerprint density at radius 3 is 2.62 bits per heavy atom. The molecule has 2 heterocycles. The predicted molar refractivity (Wildman–Crippen MR) is 97.4 cm³/mol. The highest BCUT2D eigenvalue weighted by atomic mass is 32.2. The van der Waals surface area contributed by atoms with Crippen molar-refractivity contribution < 1.29 is 17.7 Å². The van der Waals surface area contributed by atoms with Crippen LogP contribution in [0.3, 0.4) is 0 Å². The van der Waals surface area contributed by atoms with Crippen molar-refractivity contribution in [3.63, 3.8) is 0 Å². The van der Waals surface area contributed by atoms with Gasteiger partial charge in [-0.05, 0) is 52.2 Å². The third kappa shape index (κ3) is 3.26. The van der Waals surface area contributed by atoms with E-state index in [1.807, 2.05) is 32.0 Å². The highest BCUT2D eigenvalue weighted by Crippen LogP contribution is 2.30. The number of sulfonamides is 1. The zero-order chi connectivity index (χ0) is 19.1. The summed E-state index contributed by atoms with van der Waals surface area (Å²) in [7, 11) is -3.84. The van der Waals surface area contributed by atoms with Gasteiger partial charge in [0.1, 0.15) is 16.6 Å². The van der Waals surface area contributed by atoms with Gasteiger partial charge in [0.25, 0.3) is 0 Å². The molecule has 0 unspecified atom stereocenters. The number of nitrogens with one attached hydrogen (secondary N) is 1. The maximum Gasteiger partial charge on any atom is 0.249 e. The van der Waals surface area contributed by atoms with E-state index >= 15 is 0 Å². The van der Waals surface area contributed by atoms with Crippen LogP contribution in [0.5, 0.6) is 0 Å². The molecule has 0 radical (unpaired) electrons. The first kappa shape index (κ1) is 18.6. The van der Waals surface area contributed by atoms with E-state index in [4.69, 9.17) is 4.52 Å². The summed E-state index contributed by atoms with van der Waals surface area (Å²) in [5.74, 6) is -0.0762. The van der Waals surface area contributed by atoms with Crippen molar-refractivity contribution in [2.24, 2.45) is 0 Å². The van der Waals surface area contributed by atoms with Crippen molar-refractivity contribution in [3.8, 4) is 0 Å². The van der Waals surface area contributed by atoms with Gasteiger partial charge in [0.2, 0.25) is 15.9 Å². The minimum absolute atomic E-state index is 0.0590. The first-order valence-corrected chi connectivity index (χ1v) is 9.98. The summed E-state index contributed by atoms with van der Waals surface area (Å²) in [6, 6.07) is 4.98. The molecule has 1 saturated heterocycles. The van der Waals surface area contributed by atoms with Gasteiger partial charge in [-0.2, -0.15) is 4.31 Å². The molecule has 8 heteroatoms. The van der Waals surface area contributed by atoms with E-state index in [-0.39, 0.29) is 16.6 Å². The topological polar surface area (TPSA) is 92.5 Å². The van der Waals surface area contributed by atoms with E-state index in [0.29, 0.717) is 30.8 Å². The quantitative estimate of drug-likeness (QED) is 0.884. The van der Waals surface area contributed by atoms with E-state index in [1.54, 1.807) is 13.8 Å². The summed E-state index contributed by atoms with van der Waals surface area (Å²) in [4.78, 5) is 12.9. The van der Waals surface area contributed by atoms with E-state index in [2.05, 4.69) is 10.5 Å². The molecule has 1 aromatic heterocycles. The van der Waals surface area contributed by atoms with E-state index < -0.39 is 16.1 Å². The molecule has 0 bridgehead atoms. The maximum atomic E-state index is 13.1. The molecule has 7 nitrogen and oxygen atoms in total. The standard InChI is InChI=1S/C18H23N3O4S/c1-11-7-8-15(12(2)10-11)19-18(22)16-6-5-9-21(16)26(23,24)17-13(3)20-25-14(17)4/h7-8,10,16H,5-6,9H2,1-4H3,(H,19,22)/t16-/m0/s1. The highest BCUT2D eigenvalue weighted by Gasteiger charge is 2.41. The average Bonchev–Trinajstić information content (AvgIpc) is 3.17. The van der Waals surface area contributed by atoms with Crippen LogP contribution in [0.25, 0.3) is 0 Å². The Balaban J connectivity index is 1.87. The Hall–Kier alpha value is -2.19. The second kappa shape index (κ2) is 6.85. The minimum atomic E-state index is -3.84. The Bertz CT molecular complexity index is 930. The van der Waals surface area contributed by atoms with E-state index in [0.717, 1.165) is 11.1 Å². The number of hydrogen-bond donors (Lipinski definition) is 1. The molecule has 3 rings (SSSR count). The first-order chi connectivity index (χ1) is 12.2. The van der Waals surface area contributed by atoms with E-state index in [9.17, 15) is 13.2 Å². The molecule has 1 aromatic carbocycles. The van der Waals surface area contributed by atoms with Crippen LogP contribution in [0.1, 0.15) is 35.4 Å². The van der Waals surface area contributed by atoms with Crippen LogP contribution >= 0.6 is 0 Å². The molecular formula is C18H23N3O4S. The number of hydrogen-bond acceptors (Lipinski definition) is 5. The number of rotatable bonds is 4. The van der Waals surface area contributed by atoms with Crippen LogP contribution in [0.2, 0.25) is 0 Å². The number of benzene rings is 1. The number of carbonyl (C=O) groups excluding carboxylic acids is 1. The van der Waals surface area contributed by atoms with E-state index in [1.165, 1.54) is 4.31 Å². The van der Waals surface area contributed by atoms with Crippen molar-refractivity contribution in [2.45, 2.75) is 51.5 Å². The SMILES string of the molecule is Cc1ccc(NC(=O)[C@@H]2CCCN2S(=O)(=O)c2c(C)noc2C)c(C)c1. The summed E-state index contributed by atoms with van der Waals surface area (Å²) in [5.41, 5.74) is 3.05. The molecule has 0 aliphatic carbocycles. The van der Waals surface area contributed by atoms with Crippen LogP contribution in [0, 0.1) is 27.7 Å². The molecule has 140 valence electrons. The summed E-state index contributed by atoms with van der Waals surface area (Å²) in [6.07, 6.45) is 1.12. The smallest absolute Gasteiger partial charge is 0.249 e. The lowest BCUT2D eigenvalue weighted by Crippen LogP contribution is -2.43. The molecule has 1 N–H and O–H groups in total. The van der Waals surface area contributed by atoms with Crippen molar-refractivity contribution in [3.05, 3.63) is 40.8 Å². The van der Waals surface area contributed by atoms with Gasteiger partial charge in [0.05, 0.1) is 0 Å². The Labute approximate surface area is 153 Å². The molecule has 2 aromatic rings. The Morgan fingerprint density at radius 2 is 2.00 bits per heavy atom. The first-order valence-electron chi connectivity index (χ1n) is 8.54. The van der Waals surface area contributed by atoms with Gasteiger partial charge < -0.3 is 9.84 Å². The molecule has 26 heavy (non-hydrogen) atoms. The molecule has 1 aliphatic heterocycles. The van der Waals surface area contributed by atoms with Crippen LogP contribution in [-0.4, -0.2) is 36.4 Å². The monoisotopic (exact) mass is 377 g/mol. The van der Waals surface area contributed by atoms with Crippen LogP contribution < -0.4 is 5.32 Å². The second-order valence-corrected chi connectivity index (χ2v) is 8.56. The molecular weight excluding hydrogens is 354 g/mol. The van der Waals surface area contributed by atoms with Crippen molar-refractivity contribution in [1.82, 2.24) is 9.46 Å². The lowest BCUT2D eigenvalue weighted by molar-refractivity contribution is -0.119. The molecule has 1 amide bonds. The van der Waals surface area contributed by atoms with Crippen LogP contribution in [0.4, 0.5) is 5.69 Å². The largest absolute Gasteiger partial charge is 0.360 e. The molecule has 1 aliphatic rings. The van der Waals surface area contributed by atoms with Crippen LogP contribution in [-0.2, 0) is 14.8 Å². The lowest BCUT2D eigenvalue weighted by atomic mass is 10.1. The van der Waals surface area contributed by atoms with Crippen molar-refractivity contribution >= 4 is 21.6 Å². The average molecular weight is 377 g/mol. The van der Waals surface area contributed by atoms with Gasteiger partial charge >= 0.3 is 0 Å². The summed E-state index contributed by atoms with van der Waals surface area (Å²) in [5, 5.41) is 6.60. The Morgan fingerprint density at radius 1 is 1.27 bits per heavy atom. The summed E-state index contributed by atoms with van der Waals surface area (Å²) < 4.78 is 32.4. The number of amides is 1. The predicted octanol–water partition coefficient (Wildman–Crippen LogP) is 2.70. The zero-order valence-electron chi connectivity index (χ0n) is 15.4. The maximum absolute atomic E-state index is 13.1. The summed E-state index contributed by atoms with van der Waals surface area (Å²) >= 11 is 0. The lowest BCUT2D eigenvalue weighted by Gasteiger charge is -2.23. The van der Waals surface area contributed by atoms with Gasteiger partial charge in [-0.15, -0.1) is 0 Å². The summed E-state index contributed by atoms with van der Waals surface area (Å²) in [6.45, 7) is 7.35. The number of nitrogens with zero attached hydrogens (tertiary/aromatic N) is 2.